The molecule has 2 heteroatoms. The average Bonchev–Trinajstić information content (AvgIpc) is 2.20. The van der Waals surface area contributed by atoms with Crippen LogP contribution >= 0.6 is 0 Å². The van der Waals surface area contributed by atoms with Gasteiger partial charge in [0, 0.05) is 0 Å². The van der Waals surface area contributed by atoms with E-state index in [4.69, 9.17) is 0 Å². The number of nitroso groups, excluding NO2 is 1. The number of allylic oxidation sites excluding steroid dienone is 6. The minimum Gasteiger partial charge on any atom is -0.150 e. The number of nitrogens with zero attached hydrogens (tertiary/aromatic N) is 1. The summed E-state index contributed by atoms with van der Waals surface area (Å²) in [5, 5.41) is 2.86. The van der Waals surface area contributed by atoms with E-state index in [-0.39, 0.29) is 6.54 Å². The number of hydrogen-bond donors (Lipinski definition) is 0. The highest BCUT2D eigenvalue weighted by molar-refractivity contribution is 5.30. The summed E-state index contributed by atoms with van der Waals surface area (Å²) in [7, 11) is 0. The van der Waals surface area contributed by atoms with Crippen LogP contribution < -0.4 is 0 Å². The first-order valence-electron chi connectivity index (χ1n) is 4.31. The molecule has 0 radical (unpaired) electrons. The van der Waals surface area contributed by atoms with Crippen molar-refractivity contribution in [3.63, 3.8) is 0 Å². The molecule has 0 spiro atoms. The summed E-state index contributed by atoms with van der Waals surface area (Å²) < 4.78 is 0. The molecule has 0 amide bonds. The van der Waals surface area contributed by atoms with Crippen LogP contribution in [0.15, 0.2) is 52.8 Å². The zero-order valence-electron chi connectivity index (χ0n) is 7.73. The van der Waals surface area contributed by atoms with Crippen LogP contribution in [0.2, 0.25) is 0 Å². The van der Waals surface area contributed by atoms with Crippen LogP contribution in [0.25, 0.3) is 0 Å². The van der Waals surface area contributed by atoms with Crippen LogP contribution in [-0.2, 0) is 0 Å². The monoisotopic (exact) mass is 175 g/mol. The van der Waals surface area contributed by atoms with E-state index >= 15 is 0 Å². The van der Waals surface area contributed by atoms with Gasteiger partial charge in [0.25, 0.3) is 0 Å². The molecular formula is C11H13NO. The molecule has 1 rings (SSSR count). The third-order valence-corrected chi connectivity index (χ3v) is 1.82. The average molecular weight is 175 g/mol. The summed E-state index contributed by atoms with van der Waals surface area (Å²) in [5.41, 5.74) is 2.26. The molecule has 0 aromatic rings. The van der Waals surface area contributed by atoms with Crippen LogP contribution in [0.4, 0.5) is 0 Å². The van der Waals surface area contributed by atoms with Crippen LogP contribution in [0.3, 0.4) is 0 Å². The first-order valence-corrected chi connectivity index (χ1v) is 4.31. The van der Waals surface area contributed by atoms with Gasteiger partial charge in [-0.2, -0.15) is 4.91 Å². The molecular weight excluding hydrogens is 162 g/mol. The van der Waals surface area contributed by atoms with Gasteiger partial charge in [-0.05, 0) is 18.9 Å². The molecule has 0 atom stereocenters. The summed E-state index contributed by atoms with van der Waals surface area (Å²) in [6.45, 7) is 2.33. The van der Waals surface area contributed by atoms with Gasteiger partial charge in [-0.1, -0.05) is 47.2 Å². The first-order chi connectivity index (χ1) is 6.33. The molecule has 1 aliphatic rings. The lowest BCUT2D eigenvalue weighted by atomic mass is 10.2. The second kappa shape index (κ2) is 5.25. The van der Waals surface area contributed by atoms with Gasteiger partial charge in [-0.25, -0.2) is 0 Å². The smallest absolute Gasteiger partial charge is 0.106 e. The minimum absolute atomic E-state index is 0.250. The van der Waals surface area contributed by atoms with E-state index in [2.05, 4.69) is 24.3 Å². The molecule has 2 nitrogen and oxygen atoms in total. The maximum absolute atomic E-state index is 10.1. The Morgan fingerprint density at radius 2 is 2.15 bits per heavy atom. The lowest BCUT2D eigenvalue weighted by Gasteiger charge is -1.92. The second-order valence-corrected chi connectivity index (χ2v) is 3.03. The van der Waals surface area contributed by atoms with Crippen molar-refractivity contribution < 1.29 is 0 Å². The molecule has 0 bridgehead atoms. The molecule has 0 unspecified atom stereocenters. The van der Waals surface area contributed by atoms with Gasteiger partial charge >= 0.3 is 0 Å². The fourth-order valence-corrected chi connectivity index (χ4v) is 1.10. The summed E-state index contributed by atoms with van der Waals surface area (Å²) in [6.07, 6.45) is 12.8. The van der Waals surface area contributed by atoms with Crippen LogP contribution in [-0.4, -0.2) is 6.54 Å². The van der Waals surface area contributed by atoms with Crippen LogP contribution in [0, 0.1) is 4.91 Å². The highest BCUT2D eigenvalue weighted by atomic mass is 16.3. The van der Waals surface area contributed by atoms with Crippen molar-refractivity contribution in [1.82, 2.24) is 0 Å². The van der Waals surface area contributed by atoms with Gasteiger partial charge in [0.15, 0.2) is 0 Å². The molecule has 13 heavy (non-hydrogen) atoms. The lowest BCUT2D eigenvalue weighted by Crippen LogP contribution is -1.82. The Morgan fingerprint density at radius 1 is 1.38 bits per heavy atom. The molecule has 0 saturated heterocycles. The molecule has 0 aliphatic heterocycles. The zero-order chi connectivity index (χ0) is 9.52. The van der Waals surface area contributed by atoms with Crippen LogP contribution in [0.5, 0.6) is 0 Å². The summed E-state index contributed by atoms with van der Waals surface area (Å²) in [5.74, 6) is 0. The Hall–Kier alpha value is -1.44. The third-order valence-electron chi connectivity index (χ3n) is 1.82. The van der Waals surface area contributed by atoms with Crippen LogP contribution in [0.1, 0.15) is 13.3 Å². The van der Waals surface area contributed by atoms with E-state index in [0.717, 1.165) is 12.0 Å². The van der Waals surface area contributed by atoms with E-state index < -0.39 is 0 Å². The van der Waals surface area contributed by atoms with Gasteiger partial charge in [0.05, 0.1) is 0 Å². The molecule has 1 aliphatic carbocycles. The highest BCUT2D eigenvalue weighted by Crippen LogP contribution is 2.07. The zero-order valence-corrected chi connectivity index (χ0v) is 7.73. The van der Waals surface area contributed by atoms with Gasteiger partial charge < -0.3 is 0 Å². The minimum atomic E-state index is 0.250. The Bertz CT molecular complexity index is 295. The Morgan fingerprint density at radius 3 is 2.92 bits per heavy atom. The Labute approximate surface area is 78.3 Å². The van der Waals surface area contributed by atoms with Crippen molar-refractivity contribution in [3.05, 3.63) is 52.5 Å². The standard InChI is InChI=1S/C11H13NO/c1-10-5-2-3-7-11(9-12-13)8-4-6-10/h2-5,7-8H,6,9H2,1H3/b3-2-,8-4-,10-5-,11-7+. The topological polar surface area (TPSA) is 29.4 Å². The van der Waals surface area contributed by atoms with E-state index in [9.17, 15) is 4.91 Å². The summed E-state index contributed by atoms with van der Waals surface area (Å²) in [4.78, 5) is 10.1. The van der Waals surface area contributed by atoms with E-state index in [1.165, 1.54) is 5.57 Å². The van der Waals surface area contributed by atoms with Crippen molar-refractivity contribution in [2.24, 2.45) is 5.18 Å². The van der Waals surface area contributed by atoms with Gasteiger partial charge in [-0.15, -0.1) is 0 Å². The van der Waals surface area contributed by atoms with Gasteiger partial charge in [0.1, 0.15) is 6.54 Å². The van der Waals surface area contributed by atoms with Crippen molar-refractivity contribution in [3.8, 4) is 0 Å². The molecule has 0 saturated carbocycles. The fourth-order valence-electron chi connectivity index (χ4n) is 1.10. The van der Waals surface area contributed by atoms with Crippen molar-refractivity contribution in [2.45, 2.75) is 13.3 Å². The van der Waals surface area contributed by atoms with E-state index in [1.54, 1.807) is 0 Å². The third kappa shape index (κ3) is 3.65. The molecule has 0 fully saturated rings. The van der Waals surface area contributed by atoms with E-state index in [1.807, 2.05) is 24.3 Å². The van der Waals surface area contributed by atoms with Crippen molar-refractivity contribution in [2.75, 3.05) is 6.54 Å². The lowest BCUT2D eigenvalue weighted by molar-refractivity contribution is 1.15. The van der Waals surface area contributed by atoms with E-state index in [0.29, 0.717) is 0 Å². The normalized spacial score (nSPS) is 29.6. The molecule has 0 N–H and O–H groups in total. The molecule has 0 aromatic heterocycles. The molecule has 68 valence electrons. The van der Waals surface area contributed by atoms with Crippen molar-refractivity contribution in [1.29, 1.82) is 0 Å². The first kappa shape index (κ1) is 9.65. The molecule has 0 heterocycles. The highest BCUT2D eigenvalue weighted by Gasteiger charge is 1.91. The fraction of sp³-hybridized carbons (Fsp3) is 0.273. The second-order valence-electron chi connectivity index (χ2n) is 3.03. The van der Waals surface area contributed by atoms with Gasteiger partial charge in [0.2, 0.25) is 0 Å². The summed E-state index contributed by atoms with van der Waals surface area (Å²) >= 11 is 0. The van der Waals surface area contributed by atoms with Crippen molar-refractivity contribution >= 4 is 0 Å². The number of hydrogen-bond acceptors (Lipinski definition) is 2. The SMILES string of the molecule is C/C1=C/C=C\C=C(CN=O)/C=C\C1. The summed E-state index contributed by atoms with van der Waals surface area (Å²) in [6, 6.07) is 0. The predicted octanol–water partition coefficient (Wildman–Crippen LogP) is 3.14. The molecule has 0 aromatic carbocycles. The maximum atomic E-state index is 10.1. The Kier molecular flexibility index (Phi) is 3.89. The predicted molar refractivity (Wildman–Crippen MR) is 55.4 cm³/mol. The van der Waals surface area contributed by atoms with Gasteiger partial charge in [-0.3, -0.25) is 0 Å². The largest absolute Gasteiger partial charge is 0.150 e. The number of rotatable bonds is 2. The Balaban J connectivity index is 2.75. The quantitative estimate of drug-likeness (QED) is 0.593. The maximum Gasteiger partial charge on any atom is 0.106 e.